The van der Waals surface area contributed by atoms with Crippen LogP contribution in [0, 0.1) is 5.92 Å². The van der Waals surface area contributed by atoms with Gasteiger partial charge >= 0.3 is 0 Å². The van der Waals surface area contributed by atoms with Gasteiger partial charge in [-0.3, -0.25) is 4.79 Å². The molecule has 5 rings (SSSR count). The summed E-state index contributed by atoms with van der Waals surface area (Å²) in [5, 5.41) is 7.95. The molecule has 0 saturated heterocycles. The number of carbonyl (C=O) groups is 1. The lowest BCUT2D eigenvalue weighted by Crippen LogP contribution is -2.41. The predicted octanol–water partition coefficient (Wildman–Crippen LogP) is 5.36. The number of ketones is 1. The molecule has 1 aromatic heterocycles. The van der Waals surface area contributed by atoms with E-state index >= 15 is 0 Å². The van der Waals surface area contributed by atoms with Crippen molar-refractivity contribution in [1.82, 2.24) is 9.88 Å². The Morgan fingerprint density at radius 2 is 1.94 bits per heavy atom. The zero-order valence-corrected chi connectivity index (χ0v) is 19.6. The number of ether oxygens (including phenoxy) is 1. The molecule has 1 aliphatic heterocycles. The van der Waals surface area contributed by atoms with Gasteiger partial charge in [-0.05, 0) is 62.6 Å². The number of anilines is 1. The summed E-state index contributed by atoms with van der Waals surface area (Å²) >= 11 is 0. The first-order valence-electron chi connectivity index (χ1n) is 12.5. The van der Waals surface area contributed by atoms with Crippen molar-refractivity contribution in [2.24, 2.45) is 5.92 Å². The normalized spacial score (nSPS) is 19.6. The molecule has 5 heteroatoms. The second-order valence-corrected chi connectivity index (χ2v) is 9.49. The topological polar surface area (TPSA) is 55.3 Å². The van der Waals surface area contributed by atoms with E-state index in [1.54, 1.807) is 0 Å². The molecule has 1 aliphatic carbocycles. The lowest BCUT2D eigenvalue weighted by Gasteiger charge is -2.36. The highest BCUT2D eigenvalue weighted by Gasteiger charge is 2.37. The van der Waals surface area contributed by atoms with Crippen LogP contribution in [0.4, 0.5) is 5.69 Å². The van der Waals surface area contributed by atoms with Gasteiger partial charge in [-0.15, -0.1) is 0 Å². The number of hydrogen-bond donors (Lipinski definition) is 2. The minimum absolute atomic E-state index is 0.0822. The van der Waals surface area contributed by atoms with E-state index in [-0.39, 0.29) is 18.0 Å². The number of likely N-dealkylation sites (N-methyl/N-ethyl adjacent to an activating group) is 1. The quantitative estimate of drug-likeness (QED) is 0.459. The van der Waals surface area contributed by atoms with E-state index in [9.17, 15) is 4.79 Å². The SMILES string of the molecule is CNCCOc1cccc2c1ccn2C(C(=O)C1CCCCC1)C1CCc2ccccc2N1. The van der Waals surface area contributed by atoms with E-state index in [1.807, 2.05) is 19.2 Å². The molecule has 174 valence electrons. The number of nitrogens with zero attached hydrogens (tertiary/aromatic N) is 1. The maximum atomic E-state index is 14.0. The van der Waals surface area contributed by atoms with Crippen molar-refractivity contribution in [3.05, 3.63) is 60.3 Å². The second-order valence-electron chi connectivity index (χ2n) is 9.49. The number of aryl methyl sites for hydroxylation is 1. The van der Waals surface area contributed by atoms with E-state index in [2.05, 4.69) is 57.8 Å². The van der Waals surface area contributed by atoms with Gasteiger partial charge in [0, 0.05) is 29.7 Å². The van der Waals surface area contributed by atoms with E-state index in [0.29, 0.717) is 12.4 Å². The Labute approximate surface area is 196 Å². The Morgan fingerprint density at radius 1 is 1.09 bits per heavy atom. The summed E-state index contributed by atoms with van der Waals surface area (Å²) < 4.78 is 8.27. The number of benzene rings is 2. The molecule has 2 aromatic carbocycles. The fourth-order valence-electron chi connectivity index (χ4n) is 5.65. The van der Waals surface area contributed by atoms with Gasteiger partial charge < -0.3 is 19.9 Å². The third-order valence-corrected chi connectivity index (χ3v) is 7.40. The zero-order valence-electron chi connectivity index (χ0n) is 19.6. The number of fused-ring (bicyclic) bond motifs is 2. The number of hydrogen-bond acceptors (Lipinski definition) is 4. The lowest BCUT2D eigenvalue weighted by molar-refractivity contribution is -0.127. The summed E-state index contributed by atoms with van der Waals surface area (Å²) in [6, 6.07) is 16.7. The molecule has 2 N–H and O–H groups in total. The van der Waals surface area contributed by atoms with Gasteiger partial charge in [-0.2, -0.15) is 0 Å². The van der Waals surface area contributed by atoms with Crippen molar-refractivity contribution in [2.45, 2.75) is 57.0 Å². The van der Waals surface area contributed by atoms with Crippen LogP contribution in [0.15, 0.2) is 54.7 Å². The van der Waals surface area contributed by atoms with Crippen LogP contribution in [-0.2, 0) is 11.2 Å². The second kappa shape index (κ2) is 10.0. The fourth-order valence-corrected chi connectivity index (χ4v) is 5.65. The van der Waals surface area contributed by atoms with Gasteiger partial charge in [0.15, 0.2) is 5.78 Å². The molecule has 2 aliphatic rings. The number of aromatic nitrogens is 1. The molecule has 2 atom stereocenters. The van der Waals surface area contributed by atoms with Crippen molar-refractivity contribution >= 4 is 22.4 Å². The highest BCUT2D eigenvalue weighted by atomic mass is 16.5. The number of rotatable bonds is 8. The monoisotopic (exact) mass is 445 g/mol. The van der Waals surface area contributed by atoms with Crippen LogP contribution in [0.3, 0.4) is 0 Å². The Morgan fingerprint density at radius 3 is 2.79 bits per heavy atom. The number of Topliss-reactive ketones (excluding diaryl/α,β-unsaturated/α-hetero) is 1. The molecule has 0 amide bonds. The molecule has 0 radical (unpaired) electrons. The molecule has 1 fully saturated rings. The highest BCUT2D eigenvalue weighted by Crippen LogP contribution is 2.37. The van der Waals surface area contributed by atoms with Gasteiger partial charge in [-0.25, -0.2) is 0 Å². The lowest BCUT2D eigenvalue weighted by atomic mass is 9.80. The maximum Gasteiger partial charge on any atom is 0.160 e. The summed E-state index contributed by atoms with van der Waals surface area (Å²) in [6.07, 6.45) is 9.69. The van der Waals surface area contributed by atoms with Crippen LogP contribution >= 0.6 is 0 Å². The molecule has 3 aromatic rings. The number of nitrogens with one attached hydrogen (secondary N) is 2. The van der Waals surface area contributed by atoms with Crippen LogP contribution in [-0.4, -0.2) is 36.6 Å². The van der Waals surface area contributed by atoms with E-state index in [1.165, 1.54) is 30.5 Å². The van der Waals surface area contributed by atoms with E-state index in [0.717, 1.165) is 48.9 Å². The molecule has 5 nitrogen and oxygen atoms in total. The van der Waals surface area contributed by atoms with Gasteiger partial charge in [0.25, 0.3) is 0 Å². The Hall–Kier alpha value is -2.79. The molecule has 2 heterocycles. The molecular formula is C28H35N3O2. The fraction of sp³-hybridized carbons (Fsp3) is 0.464. The predicted molar refractivity (Wildman–Crippen MR) is 134 cm³/mol. The average Bonchev–Trinajstić information content (AvgIpc) is 3.29. The van der Waals surface area contributed by atoms with Crippen LogP contribution in [0.1, 0.15) is 50.1 Å². The minimum atomic E-state index is -0.216. The van der Waals surface area contributed by atoms with Gasteiger partial charge in [0.1, 0.15) is 18.4 Å². The van der Waals surface area contributed by atoms with Crippen LogP contribution in [0.2, 0.25) is 0 Å². The summed E-state index contributed by atoms with van der Waals surface area (Å²) in [6.45, 7) is 1.41. The van der Waals surface area contributed by atoms with Gasteiger partial charge in [0.05, 0.1) is 11.6 Å². The number of carbonyl (C=O) groups excluding carboxylic acids is 1. The molecule has 33 heavy (non-hydrogen) atoms. The first-order valence-corrected chi connectivity index (χ1v) is 12.5. The van der Waals surface area contributed by atoms with Crippen LogP contribution in [0.25, 0.3) is 10.9 Å². The van der Waals surface area contributed by atoms with Gasteiger partial charge in [0.2, 0.25) is 0 Å². The minimum Gasteiger partial charge on any atom is -0.492 e. The third-order valence-electron chi connectivity index (χ3n) is 7.40. The number of para-hydroxylation sites is 1. The average molecular weight is 446 g/mol. The third kappa shape index (κ3) is 4.51. The van der Waals surface area contributed by atoms with Crippen LogP contribution in [0.5, 0.6) is 5.75 Å². The van der Waals surface area contributed by atoms with E-state index < -0.39 is 0 Å². The van der Waals surface area contributed by atoms with Crippen molar-refractivity contribution in [3.63, 3.8) is 0 Å². The summed E-state index contributed by atoms with van der Waals surface area (Å²) in [7, 11) is 1.93. The van der Waals surface area contributed by atoms with Crippen molar-refractivity contribution in [1.29, 1.82) is 0 Å². The maximum absolute atomic E-state index is 14.0. The Balaban J connectivity index is 1.51. The Bertz CT molecular complexity index is 1100. The summed E-state index contributed by atoms with van der Waals surface area (Å²) in [4.78, 5) is 14.0. The molecule has 1 saturated carbocycles. The zero-order chi connectivity index (χ0) is 22.6. The Kier molecular flexibility index (Phi) is 6.68. The summed E-state index contributed by atoms with van der Waals surface area (Å²) in [5.41, 5.74) is 3.59. The van der Waals surface area contributed by atoms with Crippen molar-refractivity contribution in [2.75, 3.05) is 25.5 Å². The first-order chi connectivity index (χ1) is 16.3. The molecule has 0 bridgehead atoms. The first kappa shape index (κ1) is 22.0. The smallest absolute Gasteiger partial charge is 0.160 e. The molecule has 2 unspecified atom stereocenters. The molecular weight excluding hydrogens is 410 g/mol. The van der Waals surface area contributed by atoms with Crippen molar-refractivity contribution < 1.29 is 9.53 Å². The summed E-state index contributed by atoms with van der Waals surface area (Å²) in [5.74, 6) is 1.44. The highest BCUT2D eigenvalue weighted by molar-refractivity contribution is 5.91. The van der Waals surface area contributed by atoms with Crippen molar-refractivity contribution in [3.8, 4) is 5.75 Å². The standard InChI is InChI=1S/C28H35N3O2/c1-29-17-19-33-26-13-7-12-25-22(26)16-18-31(25)27(28(32)21-9-3-2-4-10-21)24-15-14-20-8-5-6-11-23(20)30-24/h5-8,11-13,16,18,21,24,27,29-30H,2-4,9-10,14-15,17,19H2,1H3. The largest absolute Gasteiger partial charge is 0.492 e. The van der Waals surface area contributed by atoms with Gasteiger partial charge in [-0.1, -0.05) is 43.5 Å². The molecule has 0 spiro atoms. The van der Waals surface area contributed by atoms with Crippen LogP contribution < -0.4 is 15.4 Å². The van der Waals surface area contributed by atoms with E-state index in [4.69, 9.17) is 4.74 Å².